The standard InChI is InChI=1S/C30H30F3NO6/c1-3-38-29(36)24-16-23-22(14-15-25(37-2)27(23)39-18-20-10-6-4-7-11-20)17-34(24)28(35)26(40-19-30(31,32)33)21-12-8-5-9-13-21/h4-15,24,26H,3,16-19H2,1-2H3/t24-,26?/m0/s1. The number of amides is 1. The molecule has 0 bridgehead atoms. The maximum atomic E-state index is 13.8. The monoisotopic (exact) mass is 557 g/mol. The van der Waals surface area contributed by atoms with Crippen molar-refractivity contribution in [3.05, 3.63) is 95.1 Å². The third-order valence-corrected chi connectivity index (χ3v) is 6.46. The van der Waals surface area contributed by atoms with Crippen molar-refractivity contribution < 1.29 is 41.7 Å². The molecule has 0 aromatic heterocycles. The van der Waals surface area contributed by atoms with Gasteiger partial charge in [-0.25, -0.2) is 4.79 Å². The summed E-state index contributed by atoms with van der Waals surface area (Å²) in [7, 11) is 1.50. The third kappa shape index (κ3) is 6.93. The maximum Gasteiger partial charge on any atom is 0.411 e. The van der Waals surface area contributed by atoms with Crippen molar-refractivity contribution in [1.29, 1.82) is 0 Å². The van der Waals surface area contributed by atoms with E-state index >= 15 is 0 Å². The Morgan fingerprint density at radius 3 is 2.30 bits per heavy atom. The van der Waals surface area contributed by atoms with Crippen molar-refractivity contribution in [3.63, 3.8) is 0 Å². The number of hydrogen-bond acceptors (Lipinski definition) is 6. The van der Waals surface area contributed by atoms with Gasteiger partial charge in [-0.3, -0.25) is 4.79 Å². The van der Waals surface area contributed by atoms with Gasteiger partial charge in [0.15, 0.2) is 17.6 Å². The van der Waals surface area contributed by atoms with Crippen LogP contribution in [-0.4, -0.2) is 49.3 Å². The molecule has 1 heterocycles. The molecule has 0 aliphatic carbocycles. The van der Waals surface area contributed by atoms with Crippen LogP contribution in [0.1, 0.15) is 35.3 Å². The number of hydrogen-bond donors (Lipinski definition) is 0. The highest BCUT2D eigenvalue weighted by Gasteiger charge is 2.42. The molecule has 0 saturated heterocycles. The van der Waals surface area contributed by atoms with Crippen LogP contribution in [0.2, 0.25) is 0 Å². The number of benzene rings is 3. The zero-order valence-electron chi connectivity index (χ0n) is 22.1. The quantitative estimate of drug-likeness (QED) is 0.311. The number of esters is 1. The fourth-order valence-corrected chi connectivity index (χ4v) is 4.61. The summed E-state index contributed by atoms with van der Waals surface area (Å²) < 4.78 is 61.4. The number of rotatable bonds is 10. The first-order chi connectivity index (χ1) is 19.2. The lowest BCUT2D eigenvalue weighted by atomic mass is 9.91. The number of methoxy groups -OCH3 is 1. The van der Waals surface area contributed by atoms with Gasteiger partial charge in [0.2, 0.25) is 0 Å². The van der Waals surface area contributed by atoms with Crippen LogP contribution in [0, 0.1) is 0 Å². The zero-order valence-corrected chi connectivity index (χ0v) is 22.1. The second kappa shape index (κ2) is 12.9. The first-order valence-corrected chi connectivity index (χ1v) is 12.8. The fourth-order valence-electron chi connectivity index (χ4n) is 4.61. The van der Waals surface area contributed by atoms with Gasteiger partial charge in [-0.2, -0.15) is 13.2 Å². The molecule has 4 rings (SSSR count). The SMILES string of the molecule is CCOC(=O)[C@@H]1Cc2c(ccc(OC)c2OCc2ccccc2)CN1C(=O)C(OCC(F)(F)F)c1ccccc1. The van der Waals surface area contributed by atoms with Crippen molar-refractivity contribution in [1.82, 2.24) is 4.90 Å². The van der Waals surface area contributed by atoms with E-state index in [-0.39, 0.29) is 31.7 Å². The van der Waals surface area contributed by atoms with Gasteiger partial charge in [0.25, 0.3) is 5.91 Å². The molecule has 7 nitrogen and oxygen atoms in total. The molecule has 1 aliphatic rings. The molecule has 10 heteroatoms. The second-order valence-electron chi connectivity index (χ2n) is 9.16. The molecule has 0 fully saturated rings. The van der Waals surface area contributed by atoms with E-state index in [4.69, 9.17) is 18.9 Å². The van der Waals surface area contributed by atoms with Gasteiger partial charge in [0.1, 0.15) is 19.3 Å². The molecule has 0 saturated carbocycles. The van der Waals surface area contributed by atoms with Crippen molar-refractivity contribution in [2.45, 2.75) is 44.8 Å². The van der Waals surface area contributed by atoms with E-state index in [0.29, 0.717) is 22.6 Å². The maximum absolute atomic E-state index is 13.8. The van der Waals surface area contributed by atoms with Crippen LogP contribution in [0.3, 0.4) is 0 Å². The summed E-state index contributed by atoms with van der Waals surface area (Å²) in [5, 5.41) is 0. The lowest BCUT2D eigenvalue weighted by Crippen LogP contribution is -2.51. The van der Waals surface area contributed by atoms with Crippen molar-refractivity contribution in [2.24, 2.45) is 0 Å². The molecule has 3 aromatic carbocycles. The largest absolute Gasteiger partial charge is 0.493 e. The van der Waals surface area contributed by atoms with Gasteiger partial charge in [-0.05, 0) is 29.7 Å². The van der Waals surface area contributed by atoms with Gasteiger partial charge in [0, 0.05) is 18.5 Å². The highest BCUT2D eigenvalue weighted by atomic mass is 19.4. The minimum Gasteiger partial charge on any atom is -0.493 e. The zero-order chi connectivity index (χ0) is 28.7. The molecule has 0 spiro atoms. The van der Waals surface area contributed by atoms with E-state index in [1.54, 1.807) is 37.3 Å². The molecule has 1 unspecified atom stereocenters. The number of nitrogens with zero attached hydrogens (tertiary/aromatic N) is 1. The first kappa shape index (κ1) is 28.9. The molecule has 3 aromatic rings. The second-order valence-corrected chi connectivity index (χ2v) is 9.16. The normalized spacial score (nSPS) is 15.6. The van der Waals surface area contributed by atoms with Crippen LogP contribution in [0.25, 0.3) is 0 Å². The van der Waals surface area contributed by atoms with Gasteiger partial charge in [-0.1, -0.05) is 66.7 Å². The molecular weight excluding hydrogens is 527 g/mol. The molecule has 2 atom stereocenters. The van der Waals surface area contributed by atoms with E-state index in [0.717, 1.165) is 5.56 Å². The Hall–Kier alpha value is -4.05. The highest BCUT2D eigenvalue weighted by molar-refractivity contribution is 5.89. The number of halogens is 3. The topological polar surface area (TPSA) is 74.3 Å². The molecule has 212 valence electrons. The minimum absolute atomic E-state index is 0.0159. The summed E-state index contributed by atoms with van der Waals surface area (Å²) in [6.45, 7) is 0.245. The summed E-state index contributed by atoms with van der Waals surface area (Å²) in [6.07, 6.45) is -6.21. The Kier molecular flexibility index (Phi) is 9.31. The fraction of sp³-hybridized carbons (Fsp3) is 0.333. The van der Waals surface area contributed by atoms with Gasteiger partial charge in [0.05, 0.1) is 13.7 Å². The summed E-state index contributed by atoms with van der Waals surface area (Å²) >= 11 is 0. The number of carbonyl (C=O) groups excluding carboxylic acids is 2. The van der Waals surface area contributed by atoms with Gasteiger partial charge >= 0.3 is 12.1 Å². The lowest BCUT2D eigenvalue weighted by Gasteiger charge is -2.38. The van der Waals surface area contributed by atoms with Crippen LogP contribution in [0.5, 0.6) is 11.5 Å². The van der Waals surface area contributed by atoms with E-state index in [9.17, 15) is 22.8 Å². The Morgan fingerprint density at radius 1 is 1.00 bits per heavy atom. The van der Waals surface area contributed by atoms with E-state index in [2.05, 4.69) is 0 Å². The van der Waals surface area contributed by atoms with E-state index < -0.39 is 36.8 Å². The number of fused-ring (bicyclic) bond motifs is 1. The highest BCUT2D eigenvalue weighted by Crippen LogP contribution is 2.40. The number of alkyl halides is 3. The molecular formula is C30H30F3NO6. The van der Waals surface area contributed by atoms with Crippen LogP contribution in [0.15, 0.2) is 72.8 Å². The van der Waals surface area contributed by atoms with Crippen LogP contribution in [0.4, 0.5) is 13.2 Å². The molecule has 1 aliphatic heterocycles. The number of ether oxygens (including phenoxy) is 4. The smallest absolute Gasteiger partial charge is 0.411 e. The minimum atomic E-state index is -4.65. The summed E-state index contributed by atoms with van der Waals surface area (Å²) in [5.74, 6) is -0.575. The average molecular weight is 558 g/mol. The average Bonchev–Trinajstić information content (AvgIpc) is 2.95. The first-order valence-electron chi connectivity index (χ1n) is 12.8. The summed E-state index contributed by atoms with van der Waals surface area (Å²) in [5.41, 5.74) is 2.49. The Bertz CT molecular complexity index is 1300. The van der Waals surface area contributed by atoms with Crippen LogP contribution in [-0.2, 0) is 38.6 Å². The Labute approximate surface area is 230 Å². The van der Waals surface area contributed by atoms with Crippen LogP contribution >= 0.6 is 0 Å². The molecule has 0 N–H and O–H groups in total. The Morgan fingerprint density at radius 2 is 1.68 bits per heavy atom. The summed E-state index contributed by atoms with van der Waals surface area (Å²) in [4.78, 5) is 28.2. The lowest BCUT2D eigenvalue weighted by molar-refractivity contribution is -0.193. The van der Waals surface area contributed by atoms with Crippen molar-refractivity contribution >= 4 is 11.9 Å². The van der Waals surface area contributed by atoms with E-state index in [1.165, 1.54) is 24.1 Å². The predicted molar refractivity (Wildman–Crippen MR) is 140 cm³/mol. The van der Waals surface area contributed by atoms with Crippen LogP contribution < -0.4 is 9.47 Å². The predicted octanol–water partition coefficient (Wildman–Crippen LogP) is 5.41. The van der Waals surface area contributed by atoms with Gasteiger partial charge < -0.3 is 23.8 Å². The van der Waals surface area contributed by atoms with Gasteiger partial charge in [-0.15, -0.1) is 0 Å². The van der Waals surface area contributed by atoms with E-state index in [1.807, 2.05) is 30.3 Å². The van der Waals surface area contributed by atoms with Crippen molar-refractivity contribution in [2.75, 3.05) is 20.3 Å². The number of carbonyl (C=O) groups is 2. The molecule has 1 amide bonds. The van der Waals surface area contributed by atoms with Crippen molar-refractivity contribution in [3.8, 4) is 11.5 Å². The Balaban J connectivity index is 1.70. The molecule has 0 radical (unpaired) electrons. The molecule has 40 heavy (non-hydrogen) atoms. The third-order valence-electron chi connectivity index (χ3n) is 6.46. The summed E-state index contributed by atoms with van der Waals surface area (Å²) in [6, 6.07) is 19.7.